The van der Waals surface area contributed by atoms with Crippen molar-refractivity contribution in [3.05, 3.63) is 18.6 Å². The Morgan fingerprint density at radius 3 is 3.11 bits per heavy atom. The monoisotopic (exact) mass is 123 g/mol. The van der Waals surface area contributed by atoms with Gasteiger partial charge in [-0.3, -0.25) is 0 Å². The fraction of sp³-hybridized carbons (Fsp3) is 0. The van der Waals surface area contributed by atoms with Crippen LogP contribution in [-0.4, -0.2) is 19.5 Å². The van der Waals surface area contributed by atoms with Gasteiger partial charge >= 0.3 is 0 Å². The van der Waals surface area contributed by atoms with Crippen molar-refractivity contribution in [1.29, 1.82) is 0 Å². The smallest absolute Gasteiger partial charge is 0.176 e. The van der Waals surface area contributed by atoms with Gasteiger partial charge in [-0.1, -0.05) is 0 Å². The first kappa shape index (κ1) is 4.37. The minimum Gasteiger partial charge on any atom is -0.321 e. The van der Waals surface area contributed by atoms with E-state index < -0.39 is 0 Å². The molecule has 2 heterocycles. The summed E-state index contributed by atoms with van der Waals surface area (Å²) < 4.78 is 1.60. The molecule has 5 nitrogen and oxygen atoms in total. The van der Waals surface area contributed by atoms with Gasteiger partial charge in [0.15, 0.2) is 5.65 Å². The second-order valence-corrected chi connectivity index (χ2v) is 1.71. The van der Waals surface area contributed by atoms with Crippen LogP contribution in [0.15, 0.2) is 18.6 Å². The van der Waals surface area contributed by atoms with Crippen LogP contribution in [0.5, 0.6) is 0 Å². The van der Waals surface area contributed by atoms with Crippen LogP contribution < -0.4 is 5.84 Å². The molecule has 0 aliphatic rings. The topological polar surface area (TPSA) is 61.1 Å². The summed E-state index contributed by atoms with van der Waals surface area (Å²) in [5.41, 5.74) is 0.787. The van der Waals surface area contributed by atoms with E-state index in [1.165, 1.54) is 4.79 Å². The Hall–Kier alpha value is -1.52. The Morgan fingerprint density at radius 1 is 1.44 bits per heavy atom. The van der Waals surface area contributed by atoms with Crippen LogP contribution in [0.3, 0.4) is 0 Å². The maximum atomic E-state index is 5.37. The second-order valence-electron chi connectivity index (χ2n) is 1.71. The predicted molar refractivity (Wildman–Crippen MR) is 31.1 cm³/mol. The number of hydrogen-bond donors (Lipinski definition) is 1. The zero-order valence-corrected chi connectivity index (χ0v) is 4.60. The molecule has 0 amide bonds. The van der Waals surface area contributed by atoms with Crippen LogP contribution in [0.2, 0.25) is 0 Å². The summed E-state index contributed by atoms with van der Waals surface area (Å²) in [6.07, 6.45) is 3.22. The molecule has 2 aromatic heterocycles. The fourth-order valence-corrected chi connectivity index (χ4v) is 0.741. The molecule has 0 saturated heterocycles. The lowest BCUT2D eigenvalue weighted by Gasteiger charge is -1.83. The fourth-order valence-electron chi connectivity index (χ4n) is 0.741. The maximum Gasteiger partial charge on any atom is 0.176 e. The van der Waals surface area contributed by atoms with Crippen molar-refractivity contribution in [2.24, 2.45) is 0 Å². The van der Waals surface area contributed by atoms with Crippen LogP contribution in [0.1, 0.15) is 0 Å². The normalized spacial score (nSPS) is 10.7. The summed E-state index contributed by atoms with van der Waals surface area (Å²) in [5.74, 6) is 5.37. The van der Waals surface area contributed by atoms with E-state index in [4.69, 9.17) is 5.84 Å². The molecule has 2 N–H and O–H groups in total. The molecule has 0 aliphatic carbocycles. The highest BCUT2D eigenvalue weighted by molar-refractivity contribution is 5.35. The summed E-state index contributed by atoms with van der Waals surface area (Å²) in [4.78, 5) is 1.27. The molecule has 0 saturated carbocycles. The first-order valence-corrected chi connectivity index (χ1v) is 2.50. The van der Waals surface area contributed by atoms with Crippen molar-refractivity contribution < 1.29 is 0 Å². The highest BCUT2D eigenvalue weighted by Crippen LogP contribution is 1.94. The van der Waals surface area contributed by atoms with Crippen LogP contribution in [0.4, 0.5) is 0 Å². The SMILES string of the molecule is Nn1ncn2nccc12. The molecule has 2 aromatic rings. The lowest BCUT2D eigenvalue weighted by molar-refractivity contribution is 0.862. The van der Waals surface area contributed by atoms with Gasteiger partial charge in [0.05, 0.1) is 6.20 Å². The number of fused-ring (bicyclic) bond motifs is 1. The quantitative estimate of drug-likeness (QED) is 0.468. The highest BCUT2D eigenvalue weighted by Gasteiger charge is 1.95. The molecule has 2 rings (SSSR count). The lowest BCUT2D eigenvalue weighted by Crippen LogP contribution is -2.08. The molecule has 9 heavy (non-hydrogen) atoms. The van der Waals surface area contributed by atoms with E-state index in [9.17, 15) is 0 Å². The van der Waals surface area contributed by atoms with Crippen LogP contribution in [0.25, 0.3) is 5.65 Å². The van der Waals surface area contributed by atoms with Crippen molar-refractivity contribution in [3.63, 3.8) is 0 Å². The first-order valence-electron chi connectivity index (χ1n) is 2.50. The third kappa shape index (κ3) is 0.426. The minimum absolute atomic E-state index is 0.787. The van der Waals surface area contributed by atoms with Gasteiger partial charge < -0.3 is 5.84 Å². The first-order chi connectivity index (χ1) is 4.38. The van der Waals surface area contributed by atoms with E-state index in [0.29, 0.717) is 0 Å². The molecule has 0 unspecified atom stereocenters. The molecule has 0 aliphatic heterocycles. The van der Waals surface area contributed by atoms with E-state index in [2.05, 4.69) is 10.2 Å². The number of nitrogens with zero attached hydrogens (tertiary/aromatic N) is 4. The average molecular weight is 123 g/mol. The molecule has 0 bridgehead atoms. The standard InChI is InChI=1S/C4H5N5/c5-9-4-1-2-6-8(4)3-7-9/h1-3H,5H2. The summed E-state index contributed by atoms with van der Waals surface area (Å²) >= 11 is 0. The number of nitrogens with two attached hydrogens (primary N) is 1. The second kappa shape index (κ2) is 1.25. The van der Waals surface area contributed by atoms with E-state index >= 15 is 0 Å². The molecule has 0 spiro atoms. The third-order valence-corrected chi connectivity index (χ3v) is 1.17. The molecule has 0 radical (unpaired) electrons. The van der Waals surface area contributed by atoms with Gasteiger partial charge in [0.25, 0.3) is 0 Å². The summed E-state index contributed by atoms with van der Waals surface area (Å²) in [7, 11) is 0. The zero-order chi connectivity index (χ0) is 6.27. The van der Waals surface area contributed by atoms with Crippen molar-refractivity contribution in [2.45, 2.75) is 0 Å². The van der Waals surface area contributed by atoms with Gasteiger partial charge in [-0.05, 0) is 0 Å². The van der Waals surface area contributed by atoms with Gasteiger partial charge in [0.2, 0.25) is 0 Å². The molecule has 46 valence electrons. The van der Waals surface area contributed by atoms with E-state index in [1.54, 1.807) is 23.1 Å². The molecule has 5 heteroatoms. The van der Waals surface area contributed by atoms with Gasteiger partial charge in [0.1, 0.15) is 6.33 Å². The molecular formula is C4H5N5. The summed E-state index contributed by atoms with van der Waals surface area (Å²) in [5, 5.41) is 7.64. The van der Waals surface area contributed by atoms with Crippen molar-refractivity contribution >= 4 is 5.65 Å². The van der Waals surface area contributed by atoms with Crippen LogP contribution in [-0.2, 0) is 0 Å². The van der Waals surface area contributed by atoms with Gasteiger partial charge in [-0.25, -0.2) is 4.52 Å². The Balaban J connectivity index is 2.99. The van der Waals surface area contributed by atoms with E-state index in [-0.39, 0.29) is 0 Å². The number of nitrogen functional groups attached to an aromatic ring is 1. The Bertz CT molecular complexity index is 318. The number of aromatic nitrogens is 4. The van der Waals surface area contributed by atoms with Gasteiger partial charge in [0, 0.05) is 6.07 Å². The Kier molecular flexibility index (Phi) is 0.606. The van der Waals surface area contributed by atoms with Gasteiger partial charge in [-0.15, -0.1) is 5.10 Å². The Labute approximate surface area is 50.7 Å². The van der Waals surface area contributed by atoms with E-state index in [0.717, 1.165) is 5.65 Å². The molecular weight excluding hydrogens is 118 g/mol. The van der Waals surface area contributed by atoms with Crippen LogP contribution >= 0.6 is 0 Å². The van der Waals surface area contributed by atoms with Crippen LogP contribution in [0, 0.1) is 0 Å². The minimum atomic E-state index is 0.787. The van der Waals surface area contributed by atoms with Crippen molar-refractivity contribution in [3.8, 4) is 0 Å². The third-order valence-electron chi connectivity index (χ3n) is 1.17. The molecule has 0 aromatic carbocycles. The highest BCUT2D eigenvalue weighted by atomic mass is 15.5. The summed E-state index contributed by atoms with van der Waals surface area (Å²) in [6.45, 7) is 0. The van der Waals surface area contributed by atoms with Crippen molar-refractivity contribution in [2.75, 3.05) is 5.84 Å². The lowest BCUT2D eigenvalue weighted by atomic mass is 10.7. The maximum absolute atomic E-state index is 5.37. The number of rotatable bonds is 0. The Morgan fingerprint density at radius 2 is 2.33 bits per heavy atom. The van der Waals surface area contributed by atoms with E-state index in [1.807, 2.05) is 0 Å². The average Bonchev–Trinajstić information content (AvgIpc) is 2.35. The largest absolute Gasteiger partial charge is 0.321 e. The molecule has 0 fully saturated rings. The summed E-state index contributed by atoms with van der Waals surface area (Å²) in [6, 6.07) is 1.78. The van der Waals surface area contributed by atoms with Crippen molar-refractivity contribution in [1.82, 2.24) is 19.5 Å². The predicted octanol–water partition coefficient (Wildman–Crippen LogP) is -0.755. The molecule has 0 atom stereocenters. The van der Waals surface area contributed by atoms with Gasteiger partial charge in [-0.2, -0.15) is 9.89 Å². The number of hydrogen-bond acceptors (Lipinski definition) is 3. The zero-order valence-electron chi connectivity index (χ0n) is 4.60.